The summed E-state index contributed by atoms with van der Waals surface area (Å²) in [5, 5.41) is 20.7. The third kappa shape index (κ3) is 5.83. The number of carboxylic acid groups (broad SMARTS) is 1. The van der Waals surface area contributed by atoms with Gasteiger partial charge < -0.3 is 25.2 Å². The normalized spacial score (nSPS) is 18.5. The van der Waals surface area contributed by atoms with Gasteiger partial charge in [-0.1, -0.05) is 30.3 Å². The minimum Gasteiger partial charge on any atom is -0.483 e. The van der Waals surface area contributed by atoms with Crippen LogP contribution in [0.2, 0.25) is 0 Å². The molecule has 2 fully saturated rings. The van der Waals surface area contributed by atoms with Crippen molar-refractivity contribution in [3.8, 4) is 0 Å². The number of carbonyl (C=O) groups is 2. The molecule has 32 heavy (non-hydrogen) atoms. The van der Waals surface area contributed by atoms with Crippen molar-refractivity contribution < 1.29 is 24.5 Å². The summed E-state index contributed by atoms with van der Waals surface area (Å²) in [7, 11) is 0. The van der Waals surface area contributed by atoms with E-state index < -0.39 is 11.0 Å². The molecule has 2 saturated heterocycles. The van der Waals surface area contributed by atoms with E-state index in [1.165, 1.54) is 0 Å². The largest absolute Gasteiger partial charge is 0.483 e. The van der Waals surface area contributed by atoms with E-state index in [0.29, 0.717) is 45.6 Å². The third-order valence-electron chi connectivity index (χ3n) is 6.10. The highest BCUT2D eigenvalue weighted by molar-refractivity contribution is 5.86. The van der Waals surface area contributed by atoms with Gasteiger partial charge in [-0.25, -0.2) is 0 Å². The molecule has 8 nitrogen and oxygen atoms in total. The number of benzene rings is 1. The number of anilines is 1. The summed E-state index contributed by atoms with van der Waals surface area (Å²) in [6.07, 6.45) is 3.60. The van der Waals surface area contributed by atoms with Gasteiger partial charge in [-0.2, -0.15) is 0 Å². The lowest BCUT2D eigenvalue weighted by Crippen LogP contribution is -2.65. The lowest BCUT2D eigenvalue weighted by atomic mass is 9.73. The molecule has 2 aliphatic rings. The fourth-order valence-electron chi connectivity index (χ4n) is 4.28. The Morgan fingerprint density at radius 2 is 1.88 bits per heavy atom. The first kappa shape index (κ1) is 23.7. The average Bonchev–Trinajstić information content (AvgIpc) is 2.76. The van der Waals surface area contributed by atoms with Gasteiger partial charge in [0.15, 0.2) is 0 Å². The van der Waals surface area contributed by atoms with Gasteiger partial charge in [0, 0.05) is 63.3 Å². The van der Waals surface area contributed by atoms with Crippen LogP contribution in [0.3, 0.4) is 0 Å². The van der Waals surface area contributed by atoms with Crippen LogP contribution < -0.4 is 10.2 Å². The number of aliphatic hydroxyl groups is 1. The fraction of sp³-hybridized carbons (Fsp3) is 0.458. The highest BCUT2D eigenvalue weighted by Crippen LogP contribution is 2.38. The zero-order chi connectivity index (χ0) is 23.0. The van der Waals surface area contributed by atoms with E-state index in [4.69, 9.17) is 14.6 Å². The smallest absolute Gasteiger partial charge is 0.290 e. The SMILES string of the molecule is Cc1cc(N2CC(Cc3ccccc3)(C(=O)NCC3(O)CCOCC3)C2)ccn1.O=CO. The van der Waals surface area contributed by atoms with Gasteiger partial charge >= 0.3 is 0 Å². The summed E-state index contributed by atoms with van der Waals surface area (Å²) >= 11 is 0. The molecule has 0 bridgehead atoms. The Morgan fingerprint density at radius 1 is 1.22 bits per heavy atom. The van der Waals surface area contributed by atoms with E-state index in [0.717, 1.165) is 16.9 Å². The van der Waals surface area contributed by atoms with Crippen molar-refractivity contribution in [2.45, 2.75) is 31.8 Å². The summed E-state index contributed by atoms with van der Waals surface area (Å²) in [5.41, 5.74) is 1.84. The first-order valence-corrected chi connectivity index (χ1v) is 10.8. The van der Waals surface area contributed by atoms with Crippen molar-refractivity contribution in [3.63, 3.8) is 0 Å². The molecule has 0 aliphatic carbocycles. The molecule has 2 aromatic rings. The van der Waals surface area contributed by atoms with Crippen molar-refractivity contribution in [2.75, 3.05) is 37.7 Å². The molecule has 1 amide bonds. The van der Waals surface area contributed by atoms with Crippen molar-refractivity contribution in [1.29, 1.82) is 0 Å². The van der Waals surface area contributed by atoms with Crippen LogP contribution >= 0.6 is 0 Å². The van der Waals surface area contributed by atoms with Gasteiger partial charge in [-0.3, -0.25) is 14.6 Å². The van der Waals surface area contributed by atoms with Gasteiger partial charge in [0.25, 0.3) is 6.47 Å². The molecule has 2 aliphatic heterocycles. The number of carbonyl (C=O) groups excluding carboxylic acids is 1. The maximum absolute atomic E-state index is 13.3. The molecule has 1 aromatic carbocycles. The molecule has 0 atom stereocenters. The third-order valence-corrected chi connectivity index (χ3v) is 6.10. The van der Waals surface area contributed by atoms with E-state index in [9.17, 15) is 9.90 Å². The summed E-state index contributed by atoms with van der Waals surface area (Å²) in [4.78, 5) is 28.1. The van der Waals surface area contributed by atoms with Crippen LogP contribution in [-0.2, 0) is 20.7 Å². The van der Waals surface area contributed by atoms with Gasteiger partial charge in [0.1, 0.15) is 0 Å². The lowest BCUT2D eigenvalue weighted by molar-refractivity contribution is -0.135. The first-order valence-electron chi connectivity index (χ1n) is 10.8. The number of nitrogens with one attached hydrogen (secondary N) is 1. The molecule has 0 spiro atoms. The van der Waals surface area contributed by atoms with Crippen LogP contribution in [0.5, 0.6) is 0 Å². The second-order valence-electron chi connectivity index (χ2n) is 8.58. The van der Waals surface area contributed by atoms with Gasteiger partial charge in [-0.05, 0) is 31.0 Å². The zero-order valence-corrected chi connectivity index (χ0v) is 18.4. The van der Waals surface area contributed by atoms with E-state index >= 15 is 0 Å². The van der Waals surface area contributed by atoms with Crippen molar-refractivity contribution >= 4 is 18.1 Å². The van der Waals surface area contributed by atoms with E-state index in [1.807, 2.05) is 37.4 Å². The maximum Gasteiger partial charge on any atom is 0.290 e. The van der Waals surface area contributed by atoms with Gasteiger partial charge in [0.2, 0.25) is 5.91 Å². The Balaban J connectivity index is 0.000000913. The summed E-state index contributed by atoms with van der Waals surface area (Å²) in [5.74, 6) is 0.0169. The number of nitrogens with zero attached hydrogens (tertiary/aromatic N) is 2. The van der Waals surface area contributed by atoms with E-state index in [1.54, 1.807) is 0 Å². The predicted octanol–water partition coefficient (Wildman–Crippen LogP) is 1.80. The second-order valence-corrected chi connectivity index (χ2v) is 8.58. The Labute approximate surface area is 188 Å². The Hall–Kier alpha value is -2.97. The molecule has 4 rings (SSSR count). The van der Waals surface area contributed by atoms with E-state index in [2.05, 4.69) is 33.4 Å². The van der Waals surface area contributed by atoms with E-state index in [-0.39, 0.29) is 18.9 Å². The summed E-state index contributed by atoms with van der Waals surface area (Å²) < 4.78 is 5.34. The molecule has 172 valence electrons. The number of hydrogen-bond acceptors (Lipinski definition) is 6. The topological polar surface area (TPSA) is 112 Å². The molecule has 0 radical (unpaired) electrons. The number of aryl methyl sites for hydroxylation is 1. The highest BCUT2D eigenvalue weighted by atomic mass is 16.5. The number of pyridine rings is 1. The molecule has 3 N–H and O–H groups in total. The number of hydrogen-bond donors (Lipinski definition) is 3. The fourth-order valence-corrected chi connectivity index (χ4v) is 4.28. The van der Waals surface area contributed by atoms with Crippen molar-refractivity contribution in [2.24, 2.45) is 5.41 Å². The Morgan fingerprint density at radius 3 is 2.50 bits per heavy atom. The lowest BCUT2D eigenvalue weighted by Gasteiger charge is -2.50. The number of ether oxygens (including phenoxy) is 1. The predicted molar refractivity (Wildman–Crippen MR) is 120 cm³/mol. The minimum atomic E-state index is -0.868. The van der Waals surface area contributed by atoms with Crippen molar-refractivity contribution in [1.82, 2.24) is 10.3 Å². The van der Waals surface area contributed by atoms with Crippen molar-refractivity contribution in [3.05, 3.63) is 59.9 Å². The zero-order valence-electron chi connectivity index (χ0n) is 18.4. The minimum absolute atomic E-state index is 0.0169. The summed E-state index contributed by atoms with van der Waals surface area (Å²) in [6, 6.07) is 14.2. The van der Waals surface area contributed by atoms with Crippen LogP contribution in [0.15, 0.2) is 48.7 Å². The van der Waals surface area contributed by atoms with Crippen LogP contribution in [0.25, 0.3) is 0 Å². The number of rotatable bonds is 6. The first-order chi connectivity index (χ1) is 15.4. The van der Waals surface area contributed by atoms with Crippen LogP contribution in [0, 0.1) is 12.3 Å². The standard InChI is InChI=1S/C23H29N3O3.CH2O2/c1-18-13-20(7-10-24-18)26-16-22(17-26,14-19-5-3-2-4-6-19)21(27)25-15-23(28)8-11-29-12-9-23;2-1-3/h2-7,10,13,28H,8-9,11-12,14-17H2,1H3,(H,25,27);1H,(H,2,3). The molecule has 1 aromatic heterocycles. The molecular formula is C24H31N3O5. The second kappa shape index (κ2) is 10.6. The maximum atomic E-state index is 13.3. The molecule has 0 saturated carbocycles. The molecule has 3 heterocycles. The number of aromatic nitrogens is 1. The quantitative estimate of drug-likeness (QED) is 0.586. The summed E-state index contributed by atoms with van der Waals surface area (Å²) in [6.45, 7) is 4.38. The average molecular weight is 442 g/mol. The Kier molecular flexibility index (Phi) is 7.82. The molecular weight excluding hydrogens is 410 g/mol. The van der Waals surface area contributed by atoms with Crippen LogP contribution in [-0.4, -0.2) is 66.0 Å². The number of amides is 1. The Bertz CT molecular complexity index is 894. The van der Waals surface area contributed by atoms with Crippen LogP contribution in [0.4, 0.5) is 5.69 Å². The van der Waals surface area contributed by atoms with Gasteiger partial charge in [-0.15, -0.1) is 0 Å². The van der Waals surface area contributed by atoms with Crippen LogP contribution in [0.1, 0.15) is 24.1 Å². The highest BCUT2D eigenvalue weighted by Gasteiger charge is 2.49. The molecule has 0 unspecified atom stereocenters. The van der Waals surface area contributed by atoms with Gasteiger partial charge in [0.05, 0.1) is 11.0 Å². The molecule has 8 heteroatoms. The monoisotopic (exact) mass is 441 g/mol.